The fraction of sp³-hybridized carbons (Fsp3) is 1.00. The van der Waals surface area contributed by atoms with Gasteiger partial charge in [0.1, 0.15) is 0 Å². The van der Waals surface area contributed by atoms with Gasteiger partial charge in [-0.1, -0.05) is 0 Å². The Hall–Kier alpha value is -0.120. The third kappa shape index (κ3) is 1.41. The Labute approximate surface area is 55.4 Å². The van der Waals surface area contributed by atoms with Crippen LogP contribution in [0.1, 0.15) is 13.3 Å². The van der Waals surface area contributed by atoms with Crippen molar-refractivity contribution in [2.75, 3.05) is 13.2 Å². The highest BCUT2D eigenvalue weighted by Crippen LogP contribution is 2.13. The maximum Gasteiger partial charge on any atom is 0.0658 e. The van der Waals surface area contributed by atoms with Gasteiger partial charge in [-0.3, -0.25) is 0 Å². The standard InChI is InChI=1S/C6H14N2O/c1-6(8)4-9-3-2-5(6)7/h5H,2-4,7-8H2,1H3. The Balaban J connectivity index is 2.49. The highest BCUT2D eigenvalue weighted by molar-refractivity contribution is 4.92. The molecule has 3 heteroatoms. The first-order valence-corrected chi connectivity index (χ1v) is 3.25. The number of hydrogen-bond acceptors (Lipinski definition) is 3. The topological polar surface area (TPSA) is 61.3 Å². The van der Waals surface area contributed by atoms with Crippen molar-refractivity contribution in [1.82, 2.24) is 0 Å². The summed E-state index contributed by atoms with van der Waals surface area (Å²) in [6.07, 6.45) is 0.882. The lowest BCUT2D eigenvalue weighted by atomic mass is 9.91. The summed E-state index contributed by atoms with van der Waals surface area (Å²) in [5.41, 5.74) is 11.2. The molecular formula is C6H14N2O. The van der Waals surface area contributed by atoms with Gasteiger partial charge in [0.05, 0.1) is 12.1 Å². The summed E-state index contributed by atoms with van der Waals surface area (Å²) in [5, 5.41) is 0. The molecule has 1 rings (SSSR count). The predicted octanol–water partition coefficient (Wildman–Crippen LogP) is -0.549. The number of ether oxygens (including phenoxy) is 1. The monoisotopic (exact) mass is 130 g/mol. The van der Waals surface area contributed by atoms with Crippen LogP contribution in [-0.2, 0) is 4.74 Å². The minimum atomic E-state index is -0.307. The molecule has 3 nitrogen and oxygen atoms in total. The van der Waals surface area contributed by atoms with E-state index < -0.39 is 0 Å². The summed E-state index contributed by atoms with van der Waals surface area (Å²) < 4.78 is 5.15. The van der Waals surface area contributed by atoms with Gasteiger partial charge in [0, 0.05) is 12.6 Å². The van der Waals surface area contributed by atoms with Gasteiger partial charge >= 0.3 is 0 Å². The largest absolute Gasteiger partial charge is 0.379 e. The average Bonchev–Trinajstić information content (AvgIpc) is 1.77. The third-order valence-electron chi connectivity index (χ3n) is 1.83. The lowest BCUT2D eigenvalue weighted by Crippen LogP contribution is -2.59. The van der Waals surface area contributed by atoms with Gasteiger partial charge in [-0.25, -0.2) is 0 Å². The zero-order valence-electron chi connectivity index (χ0n) is 5.76. The Morgan fingerprint density at radius 3 is 2.67 bits per heavy atom. The summed E-state index contributed by atoms with van der Waals surface area (Å²) in [4.78, 5) is 0. The van der Waals surface area contributed by atoms with Crippen molar-refractivity contribution in [3.63, 3.8) is 0 Å². The summed E-state index contributed by atoms with van der Waals surface area (Å²) in [6.45, 7) is 3.28. The van der Waals surface area contributed by atoms with Gasteiger partial charge in [-0.05, 0) is 13.3 Å². The van der Waals surface area contributed by atoms with E-state index >= 15 is 0 Å². The molecule has 1 heterocycles. The zero-order valence-corrected chi connectivity index (χ0v) is 5.76. The van der Waals surface area contributed by atoms with E-state index in [1.165, 1.54) is 0 Å². The van der Waals surface area contributed by atoms with E-state index in [9.17, 15) is 0 Å². The molecule has 2 unspecified atom stereocenters. The van der Waals surface area contributed by atoms with Crippen LogP contribution in [0.2, 0.25) is 0 Å². The van der Waals surface area contributed by atoms with Crippen LogP contribution in [0.4, 0.5) is 0 Å². The number of hydrogen-bond donors (Lipinski definition) is 2. The van der Waals surface area contributed by atoms with E-state index in [1.807, 2.05) is 6.92 Å². The van der Waals surface area contributed by atoms with Gasteiger partial charge in [0.2, 0.25) is 0 Å². The molecule has 0 spiro atoms. The lowest BCUT2D eigenvalue weighted by Gasteiger charge is -2.35. The van der Waals surface area contributed by atoms with Gasteiger partial charge in [0.25, 0.3) is 0 Å². The predicted molar refractivity (Wildman–Crippen MR) is 36.0 cm³/mol. The number of rotatable bonds is 0. The van der Waals surface area contributed by atoms with Crippen LogP contribution < -0.4 is 11.5 Å². The minimum Gasteiger partial charge on any atom is -0.379 e. The van der Waals surface area contributed by atoms with Gasteiger partial charge in [-0.15, -0.1) is 0 Å². The van der Waals surface area contributed by atoms with E-state index in [-0.39, 0.29) is 11.6 Å². The van der Waals surface area contributed by atoms with Crippen molar-refractivity contribution in [1.29, 1.82) is 0 Å². The molecule has 1 saturated heterocycles. The summed E-state index contributed by atoms with van der Waals surface area (Å²) in [5.74, 6) is 0. The Bertz CT molecular complexity index is 103. The van der Waals surface area contributed by atoms with Crippen LogP contribution in [0.25, 0.3) is 0 Å². The maximum atomic E-state index is 5.77. The van der Waals surface area contributed by atoms with Gasteiger partial charge in [-0.2, -0.15) is 0 Å². The van der Waals surface area contributed by atoms with E-state index in [4.69, 9.17) is 16.2 Å². The smallest absolute Gasteiger partial charge is 0.0658 e. The van der Waals surface area contributed by atoms with Crippen molar-refractivity contribution in [2.45, 2.75) is 24.9 Å². The molecule has 54 valence electrons. The van der Waals surface area contributed by atoms with E-state index in [2.05, 4.69) is 0 Å². The van der Waals surface area contributed by atoms with Crippen LogP contribution in [-0.4, -0.2) is 24.8 Å². The fourth-order valence-electron chi connectivity index (χ4n) is 0.939. The van der Waals surface area contributed by atoms with Crippen molar-refractivity contribution in [3.8, 4) is 0 Å². The normalized spacial score (nSPS) is 45.0. The Morgan fingerprint density at radius 2 is 2.33 bits per heavy atom. The second-order valence-corrected chi connectivity index (χ2v) is 2.95. The molecule has 4 N–H and O–H groups in total. The summed E-state index contributed by atoms with van der Waals surface area (Å²) in [6, 6.07) is 0.103. The van der Waals surface area contributed by atoms with Crippen molar-refractivity contribution in [3.05, 3.63) is 0 Å². The third-order valence-corrected chi connectivity index (χ3v) is 1.83. The molecule has 0 amide bonds. The molecule has 0 aliphatic carbocycles. The van der Waals surface area contributed by atoms with Crippen LogP contribution in [0.3, 0.4) is 0 Å². The van der Waals surface area contributed by atoms with E-state index in [0.717, 1.165) is 13.0 Å². The quantitative estimate of drug-likeness (QED) is 0.462. The Morgan fingerprint density at radius 1 is 1.67 bits per heavy atom. The molecule has 1 aliphatic heterocycles. The second kappa shape index (κ2) is 2.25. The van der Waals surface area contributed by atoms with Crippen LogP contribution in [0, 0.1) is 0 Å². The highest BCUT2D eigenvalue weighted by atomic mass is 16.5. The zero-order chi connectivity index (χ0) is 6.91. The summed E-state index contributed by atoms with van der Waals surface area (Å²) >= 11 is 0. The Kier molecular flexibility index (Phi) is 1.75. The summed E-state index contributed by atoms with van der Waals surface area (Å²) in [7, 11) is 0. The van der Waals surface area contributed by atoms with E-state index in [1.54, 1.807) is 0 Å². The van der Waals surface area contributed by atoms with Crippen molar-refractivity contribution >= 4 is 0 Å². The number of nitrogens with two attached hydrogens (primary N) is 2. The van der Waals surface area contributed by atoms with E-state index in [0.29, 0.717) is 6.61 Å². The highest BCUT2D eigenvalue weighted by Gasteiger charge is 2.30. The molecule has 9 heavy (non-hydrogen) atoms. The fourth-order valence-corrected chi connectivity index (χ4v) is 0.939. The van der Waals surface area contributed by atoms with Crippen LogP contribution in [0.5, 0.6) is 0 Å². The molecule has 0 radical (unpaired) electrons. The van der Waals surface area contributed by atoms with Crippen molar-refractivity contribution < 1.29 is 4.74 Å². The molecule has 1 fully saturated rings. The molecule has 1 aliphatic rings. The van der Waals surface area contributed by atoms with Gasteiger partial charge in [0.15, 0.2) is 0 Å². The molecule has 0 aromatic heterocycles. The van der Waals surface area contributed by atoms with Crippen LogP contribution in [0.15, 0.2) is 0 Å². The second-order valence-electron chi connectivity index (χ2n) is 2.95. The van der Waals surface area contributed by atoms with Crippen LogP contribution >= 0.6 is 0 Å². The SMILES string of the molecule is CC1(N)COCCC1N. The van der Waals surface area contributed by atoms with Crippen molar-refractivity contribution in [2.24, 2.45) is 11.5 Å². The first kappa shape index (κ1) is 6.99. The molecule has 2 atom stereocenters. The molecule has 0 aromatic carbocycles. The minimum absolute atomic E-state index is 0.103. The molecule has 0 bridgehead atoms. The van der Waals surface area contributed by atoms with Gasteiger partial charge < -0.3 is 16.2 Å². The maximum absolute atomic E-state index is 5.77. The lowest BCUT2D eigenvalue weighted by molar-refractivity contribution is 0.0326. The first-order chi connectivity index (χ1) is 4.13. The molecule has 0 aromatic rings. The first-order valence-electron chi connectivity index (χ1n) is 3.25. The molecular weight excluding hydrogens is 116 g/mol. The average molecular weight is 130 g/mol. The molecule has 0 saturated carbocycles.